The summed E-state index contributed by atoms with van der Waals surface area (Å²) in [6.07, 6.45) is 0.984. The summed E-state index contributed by atoms with van der Waals surface area (Å²) in [5.41, 5.74) is 8.20. The van der Waals surface area contributed by atoms with Crippen molar-refractivity contribution in [1.29, 1.82) is 0 Å². The van der Waals surface area contributed by atoms with Crippen LogP contribution >= 0.6 is 0 Å². The fourth-order valence-corrected chi connectivity index (χ4v) is 3.12. The van der Waals surface area contributed by atoms with E-state index in [0.29, 0.717) is 25.1 Å². The van der Waals surface area contributed by atoms with Crippen LogP contribution in [0.1, 0.15) is 21.5 Å². The first kappa shape index (κ1) is 17.9. The number of nitrogens with one attached hydrogen (secondary N) is 1. The lowest BCUT2D eigenvalue weighted by atomic mass is 9.97. The van der Waals surface area contributed by atoms with Gasteiger partial charge in [0.1, 0.15) is 5.75 Å². The van der Waals surface area contributed by atoms with Gasteiger partial charge in [-0.05, 0) is 54.1 Å². The first-order chi connectivity index (χ1) is 12.6. The molecule has 26 heavy (non-hydrogen) atoms. The van der Waals surface area contributed by atoms with E-state index in [1.807, 2.05) is 42.5 Å². The highest BCUT2D eigenvalue weighted by atomic mass is 16.3. The van der Waals surface area contributed by atoms with Crippen molar-refractivity contribution in [2.45, 2.75) is 12.8 Å². The van der Waals surface area contributed by atoms with Crippen molar-refractivity contribution in [3.8, 4) is 5.75 Å². The number of carbonyl (C=O) groups excluding carboxylic acids is 1. The lowest BCUT2D eigenvalue weighted by Crippen LogP contribution is -2.14. The Labute approximate surface area is 152 Å². The molecule has 5 nitrogen and oxygen atoms in total. The van der Waals surface area contributed by atoms with E-state index in [4.69, 9.17) is 5.73 Å². The topological polar surface area (TPSA) is 95.6 Å². The Hall–Kier alpha value is -2.89. The predicted octanol–water partition coefficient (Wildman–Crippen LogP) is 2.83. The lowest BCUT2D eigenvalue weighted by molar-refractivity contribution is 0.102. The SMILES string of the molecule is NCCc1cc(C(=O)Nc2cccc3ccccc23)c(O)cc1CCO. The molecule has 0 aliphatic rings. The summed E-state index contributed by atoms with van der Waals surface area (Å²) in [5.74, 6) is -0.486. The number of hydrogen-bond donors (Lipinski definition) is 4. The lowest BCUT2D eigenvalue weighted by Gasteiger charge is -2.14. The number of amides is 1. The van der Waals surface area contributed by atoms with Gasteiger partial charge in [0.15, 0.2) is 0 Å². The van der Waals surface area contributed by atoms with Gasteiger partial charge in [-0.1, -0.05) is 36.4 Å². The molecule has 0 aliphatic heterocycles. The van der Waals surface area contributed by atoms with E-state index in [-0.39, 0.29) is 23.8 Å². The number of aliphatic hydroxyl groups is 1. The zero-order chi connectivity index (χ0) is 18.5. The Kier molecular flexibility index (Phi) is 5.51. The smallest absolute Gasteiger partial charge is 0.259 e. The molecule has 0 heterocycles. The molecule has 0 atom stereocenters. The Balaban J connectivity index is 1.95. The maximum Gasteiger partial charge on any atom is 0.259 e. The largest absolute Gasteiger partial charge is 0.507 e. The minimum absolute atomic E-state index is 0.0292. The summed E-state index contributed by atoms with van der Waals surface area (Å²) in [4.78, 5) is 12.8. The van der Waals surface area contributed by atoms with Crippen LogP contribution in [0.3, 0.4) is 0 Å². The van der Waals surface area contributed by atoms with Crippen molar-refractivity contribution in [3.63, 3.8) is 0 Å². The quantitative estimate of drug-likeness (QED) is 0.550. The van der Waals surface area contributed by atoms with E-state index in [0.717, 1.165) is 21.9 Å². The Morgan fingerprint density at radius 2 is 1.73 bits per heavy atom. The summed E-state index contributed by atoms with van der Waals surface area (Å²) in [5, 5.41) is 24.3. The Morgan fingerprint density at radius 1 is 1.00 bits per heavy atom. The molecule has 3 rings (SSSR count). The number of nitrogens with two attached hydrogens (primary N) is 1. The fourth-order valence-electron chi connectivity index (χ4n) is 3.12. The van der Waals surface area contributed by atoms with Gasteiger partial charge in [0.25, 0.3) is 5.91 Å². The van der Waals surface area contributed by atoms with Crippen LogP contribution in [0, 0.1) is 0 Å². The van der Waals surface area contributed by atoms with E-state index in [1.165, 1.54) is 0 Å². The van der Waals surface area contributed by atoms with Gasteiger partial charge in [0.2, 0.25) is 0 Å². The standard InChI is InChI=1S/C21H22N2O3/c22-10-8-15-12-18(20(25)13-16(15)9-11-24)21(26)23-19-7-3-5-14-4-1-2-6-17(14)19/h1-7,12-13,24-25H,8-11,22H2,(H,23,26). The van der Waals surface area contributed by atoms with Gasteiger partial charge in [0.05, 0.1) is 5.56 Å². The van der Waals surface area contributed by atoms with Crippen molar-refractivity contribution >= 4 is 22.4 Å². The minimum Gasteiger partial charge on any atom is -0.507 e. The van der Waals surface area contributed by atoms with Crippen LogP contribution in [-0.4, -0.2) is 29.3 Å². The van der Waals surface area contributed by atoms with Crippen molar-refractivity contribution in [3.05, 3.63) is 71.3 Å². The second-order valence-electron chi connectivity index (χ2n) is 6.13. The third-order valence-electron chi connectivity index (χ3n) is 4.40. The van der Waals surface area contributed by atoms with E-state index in [1.54, 1.807) is 12.1 Å². The molecule has 0 aliphatic carbocycles. The maximum absolute atomic E-state index is 12.8. The third-order valence-corrected chi connectivity index (χ3v) is 4.40. The van der Waals surface area contributed by atoms with E-state index in [2.05, 4.69) is 5.32 Å². The summed E-state index contributed by atoms with van der Waals surface area (Å²) in [6, 6.07) is 16.7. The van der Waals surface area contributed by atoms with Crippen molar-refractivity contribution < 1.29 is 15.0 Å². The molecule has 0 radical (unpaired) electrons. The van der Waals surface area contributed by atoms with Crippen molar-refractivity contribution in [2.24, 2.45) is 5.73 Å². The van der Waals surface area contributed by atoms with Crippen molar-refractivity contribution in [1.82, 2.24) is 0 Å². The van der Waals surface area contributed by atoms with E-state index >= 15 is 0 Å². The van der Waals surface area contributed by atoms with Gasteiger partial charge in [-0.15, -0.1) is 0 Å². The summed E-state index contributed by atoms with van der Waals surface area (Å²) >= 11 is 0. The molecule has 1 amide bonds. The number of anilines is 1. The van der Waals surface area contributed by atoms with Crippen LogP contribution in [0.25, 0.3) is 10.8 Å². The van der Waals surface area contributed by atoms with Gasteiger partial charge < -0.3 is 21.3 Å². The summed E-state index contributed by atoms with van der Waals surface area (Å²) in [6.45, 7) is 0.395. The molecule has 0 aromatic heterocycles. The molecule has 0 fully saturated rings. The molecule has 0 saturated carbocycles. The van der Waals surface area contributed by atoms with Gasteiger partial charge >= 0.3 is 0 Å². The maximum atomic E-state index is 12.8. The number of aromatic hydroxyl groups is 1. The second-order valence-corrected chi connectivity index (χ2v) is 6.13. The van der Waals surface area contributed by atoms with Gasteiger partial charge in [-0.25, -0.2) is 0 Å². The molecule has 0 saturated heterocycles. The molecule has 134 valence electrons. The summed E-state index contributed by atoms with van der Waals surface area (Å²) < 4.78 is 0. The third kappa shape index (κ3) is 3.69. The minimum atomic E-state index is -0.382. The normalized spacial score (nSPS) is 10.8. The van der Waals surface area contributed by atoms with Crippen molar-refractivity contribution in [2.75, 3.05) is 18.5 Å². The molecule has 0 spiro atoms. The second kappa shape index (κ2) is 7.99. The number of carbonyl (C=O) groups is 1. The van der Waals surface area contributed by atoms with Crippen LogP contribution in [0.5, 0.6) is 5.75 Å². The molecule has 5 N–H and O–H groups in total. The fraction of sp³-hybridized carbons (Fsp3) is 0.190. The first-order valence-electron chi connectivity index (χ1n) is 8.59. The Morgan fingerprint density at radius 3 is 2.50 bits per heavy atom. The average molecular weight is 350 g/mol. The molecule has 3 aromatic carbocycles. The van der Waals surface area contributed by atoms with Crippen LogP contribution in [-0.2, 0) is 12.8 Å². The van der Waals surface area contributed by atoms with Crippen LogP contribution < -0.4 is 11.1 Å². The highest BCUT2D eigenvalue weighted by Crippen LogP contribution is 2.27. The zero-order valence-corrected chi connectivity index (χ0v) is 14.4. The monoisotopic (exact) mass is 350 g/mol. The Bertz CT molecular complexity index is 932. The van der Waals surface area contributed by atoms with Gasteiger partial charge in [-0.2, -0.15) is 0 Å². The predicted molar refractivity (Wildman–Crippen MR) is 104 cm³/mol. The van der Waals surface area contributed by atoms with Crippen LogP contribution in [0.4, 0.5) is 5.69 Å². The molecular formula is C21H22N2O3. The van der Waals surface area contributed by atoms with Gasteiger partial charge in [0, 0.05) is 17.7 Å². The number of phenols is 1. The number of fused-ring (bicyclic) bond motifs is 1. The molecule has 0 bridgehead atoms. The summed E-state index contributed by atoms with van der Waals surface area (Å²) in [7, 11) is 0. The highest BCUT2D eigenvalue weighted by Gasteiger charge is 2.16. The van der Waals surface area contributed by atoms with E-state index in [9.17, 15) is 15.0 Å². The molecule has 3 aromatic rings. The van der Waals surface area contributed by atoms with Crippen LogP contribution in [0.15, 0.2) is 54.6 Å². The first-order valence-corrected chi connectivity index (χ1v) is 8.59. The number of hydrogen-bond acceptors (Lipinski definition) is 4. The highest BCUT2D eigenvalue weighted by molar-refractivity contribution is 6.10. The van der Waals surface area contributed by atoms with Gasteiger partial charge in [-0.3, -0.25) is 4.79 Å². The molecule has 0 unspecified atom stereocenters. The number of aliphatic hydroxyl groups excluding tert-OH is 1. The van der Waals surface area contributed by atoms with E-state index < -0.39 is 0 Å². The number of rotatable bonds is 6. The zero-order valence-electron chi connectivity index (χ0n) is 14.4. The molecular weight excluding hydrogens is 328 g/mol. The number of benzene rings is 3. The average Bonchev–Trinajstić information content (AvgIpc) is 2.64. The molecule has 5 heteroatoms. The van der Waals surface area contributed by atoms with Crippen LogP contribution in [0.2, 0.25) is 0 Å². The number of phenolic OH excluding ortho intramolecular Hbond substituents is 1.